The summed E-state index contributed by atoms with van der Waals surface area (Å²) in [6.45, 7) is 7.79. The fourth-order valence-electron chi connectivity index (χ4n) is 2.31. The van der Waals surface area contributed by atoms with Gasteiger partial charge in [-0.05, 0) is 67.8 Å². The average molecular weight is 301 g/mol. The minimum absolute atomic E-state index is 0.633. The maximum Gasteiger partial charge on any atom is 0.169 e. The molecule has 0 aromatic carbocycles. The first-order chi connectivity index (χ1) is 8.15. The fourth-order valence-corrected chi connectivity index (χ4v) is 2.65. The van der Waals surface area contributed by atoms with Crippen molar-refractivity contribution in [2.45, 2.75) is 45.3 Å². The summed E-state index contributed by atoms with van der Waals surface area (Å²) in [7, 11) is 0. The third-order valence-electron chi connectivity index (χ3n) is 3.45. The van der Waals surface area contributed by atoms with Crippen molar-refractivity contribution in [3.63, 3.8) is 0 Å². The van der Waals surface area contributed by atoms with Crippen LogP contribution in [0.3, 0.4) is 0 Å². The minimum atomic E-state index is 0.633. The standard InChI is InChI=1S/C13H21BrN2O/c1-10(2)16-7-5-11(6-8-16)15-9-12-3-4-13(14)17-12/h3-4,10-11,15H,5-9H2,1-2H3. The number of nitrogens with zero attached hydrogens (tertiary/aromatic N) is 1. The van der Waals surface area contributed by atoms with Gasteiger partial charge in [0.25, 0.3) is 0 Å². The van der Waals surface area contributed by atoms with E-state index in [1.807, 2.05) is 12.1 Å². The number of hydrogen-bond acceptors (Lipinski definition) is 3. The second-order valence-electron chi connectivity index (χ2n) is 4.99. The smallest absolute Gasteiger partial charge is 0.169 e. The van der Waals surface area contributed by atoms with Gasteiger partial charge in [-0.25, -0.2) is 0 Å². The Bertz CT molecular complexity index is 343. The second kappa shape index (κ2) is 6.03. The van der Waals surface area contributed by atoms with Crippen molar-refractivity contribution in [1.82, 2.24) is 10.2 Å². The van der Waals surface area contributed by atoms with Crippen LogP contribution in [0.5, 0.6) is 0 Å². The van der Waals surface area contributed by atoms with Crippen molar-refractivity contribution in [3.8, 4) is 0 Å². The lowest BCUT2D eigenvalue weighted by Gasteiger charge is -2.34. The number of piperidine rings is 1. The van der Waals surface area contributed by atoms with E-state index in [2.05, 4.69) is 40.0 Å². The van der Waals surface area contributed by atoms with Crippen LogP contribution in [-0.4, -0.2) is 30.1 Å². The number of nitrogens with one attached hydrogen (secondary N) is 1. The molecule has 0 aliphatic carbocycles. The molecule has 0 atom stereocenters. The lowest BCUT2D eigenvalue weighted by Crippen LogP contribution is -2.44. The lowest BCUT2D eigenvalue weighted by atomic mass is 10.0. The van der Waals surface area contributed by atoms with Crippen LogP contribution in [0.25, 0.3) is 0 Å². The maximum absolute atomic E-state index is 5.48. The van der Waals surface area contributed by atoms with E-state index >= 15 is 0 Å². The monoisotopic (exact) mass is 300 g/mol. The van der Waals surface area contributed by atoms with E-state index in [-0.39, 0.29) is 0 Å². The molecule has 1 aliphatic rings. The van der Waals surface area contributed by atoms with Crippen LogP contribution in [0.4, 0.5) is 0 Å². The molecule has 96 valence electrons. The molecule has 1 N–H and O–H groups in total. The van der Waals surface area contributed by atoms with Crippen molar-refractivity contribution in [2.24, 2.45) is 0 Å². The molecule has 1 fully saturated rings. The van der Waals surface area contributed by atoms with Crippen molar-refractivity contribution in [1.29, 1.82) is 0 Å². The van der Waals surface area contributed by atoms with Crippen LogP contribution in [0.1, 0.15) is 32.4 Å². The molecule has 4 heteroatoms. The number of rotatable bonds is 4. The molecule has 1 saturated heterocycles. The average Bonchev–Trinajstić information content (AvgIpc) is 2.73. The largest absolute Gasteiger partial charge is 0.453 e. The molecule has 0 unspecified atom stereocenters. The highest BCUT2D eigenvalue weighted by Gasteiger charge is 2.20. The zero-order valence-electron chi connectivity index (χ0n) is 10.6. The van der Waals surface area contributed by atoms with Gasteiger partial charge in [-0.3, -0.25) is 0 Å². The highest BCUT2D eigenvalue weighted by molar-refractivity contribution is 9.10. The Kier molecular flexibility index (Phi) is 4.65. The molecule has 0 radical (unpaired) electrons. The van der Waals surface area contributed by atoms with Crippen molar-refractivity contribution >= 4 is 15.9 Å². The molecular formula is C13H21BrN2O. The molecule has 0 bridgehead atoms. The third kappa shape index (κ3) is 3.83. The van der Waals surface area contributed by atoms with E-state index in [4.69, 9.17) is 4.42 Å². The maximum atomic E-state index is 5.48. The Balaban J connectivity index is 1.71. The SMILES string of the molecule is CC(C)N1CCC(NCc2ccc(Br)o2)CC1. The summed E-state index contributed by atoms with van der Waals surface area (Å²) in [4.78, 5) is 2.54. The number of likely N-dealkylation sites (tertiary alicyclic amines) is 1. The molecule has 0 amide bonds. The highest BCUT2D eigenvalue weighted by Crippen LogP contribution is 2.16. The second-order valence-corrected chi connectivity index (χ2v) is 5.77. The van der Waals surface area contributed by atoms with Gasteiger partial charge in [-0.15, -0.1) is 0 Å². The summed E-state index contributed by atoms with van der Waals surface area (Å²) in [6.07, 6.45) is 2.47. The summed E-state index contributed by atoms with van der Waals surface area (Å²) in [6, 6.07) is 5.27. The molecule has 1 aromatic heterocycles. The van der Waals surface area contributed by atoms with Crippen LogP contribution in [0.2, 0.25) is 0 Å². The molecule has 1 aliphatic heterocycles. The molecule has 2 heterocycles. The zero-order valence-corrected chi connectivity index (χ0v) is 12.2. The quantitative estimate of drug-likeness (QED) is 0.926. The van der Waals surface area contributed by atoms with Crippen molar-refractivity contribution in [2.75, 3.05) is 13.1 Å². The number of halogens is 1. The first-order valence-corrected chi connectivity index (χ1v) is 7.16. The summed E-state index contributed by atoms with van der Waals surface area (Å²) in [5, 5.41) is 3.57. The molecule has 0 saturated carbocycles. The molecule has 17 heavy (non-hydrogen) atoms. The van der Waals surface area contributed by atoms with Crippen LogP contribution in [0.15, 0.2) is 21.2 Å². The Labute approximate surface area is 112 Å². The van der Waals surface area contributed by atoms with Gasteiger partial charge in [0.15, 0.2) is 4.67 Å². The van der Waals surface area contributed by atoms with Gasteiger partial charge in [0, 0.05) is 12.1 Å². The number of furan rings is 1. The Hall–Kier alpha value is -0.320. The van der Waals surface area contributed by atoms with Gasteiger partial charge in [-0.1, -0.05) is 0 Å². The van der Waals surface area contributed by atoms with E-state index in [1.165, 1.54) is 25.9 Å². The van der Waals surface area contributed by atoms with Gasteiger partial charge in [0.2, 0.25) is 0 Å². The predicted octanol–water partition coefficient (Wildman–Crippen LogP) is 3.00. The summed E-state index contributed by atoms with van der Waals surface area (Å²) in [5.41, 5.74) is 0. The van der Waals surface area contributed by atoms with Crippen molar-refractivity contribution in [3.05, 3.63) is 22.6 Å². The summed E-state index contributed by atoms with van der Waals surface area (Å²) in [5.74, 6) is 1.00. The minimum Gasteiger partial charge on any atom is -0.453 e. The zero-order chi connectivity index (χ0) is 12.3. The molecule has 0 spiro atoms. The first kappa shape index (κ1) is 13.1. The van der Waals surface area contributed by atoms with Gasteiger partial charge < -0.3 is 14.6 Å². The topological polar surface area (TPSA) is 28.4 Å². The van der Waals surface area contributed by atoms with Crippen LogP contribution in [0, 0.1) is 0 Å². The van der Waals surface area contributed by atoms with E-state index in [0.29, 0.717) is 12.1 Å². The van der Waals surface area contributed by atoms with E-state index in [9.17, 15) is 0 Å². The van der Waals surface area contributed by atoms with E-state index < -0.39 is 0 Å². The molecule has 1 aromatic rings. The third-order valence-corrected chi connectivity index (χ3v) is 3.88. The van der Waals surface area contributed by atoms with Gasteiger partial charge in [0.1, 0.15) is 5.76 Å². The van der Waals surface area contributed by atoms with Gasteiger partial charge in [-0.2, -0.15) is 0 Å². The van der Waals surface area contributed by atoms with E-state index in [1.54, 1.807) is 0 Å². The van der Waals surface area contributed by atoms with Gasteiger partial charge >= 0.3 is 0 Å². The Morgan fingerprint density at radius 2 is 2.12 bits per heavy atom. The first-order valence-electron chi connectivity index (χ1n) is 6.37. The summed E-state index contributed by atoms with van der Waals surface area (Å²) < 4.78 is 6.29. The molecule has 2 rings (SSSR count). The van der Waals surface area contributed by atoms with Crippen LogP contribution >= 0.6 is 15.9 Å². The van der Waals surface area contributed by atoms with Crippen molar-refractivity contribution < 1.29 is 4.42 Å². The van der Waals surface area contributed by atoms with E-state index in [0.717, 1.165) is 17.0 Å². The summed E-state index contributed by atoms with van der Waals surface area (Å²) >= 11 is 3.32. The Morgan fingerprint density at radius 1 is 1.41 bits per heavy atom. The highest BCUT2D eigenvalue weighted by atomic mass is 79.9. The fraction of sp³-hybridized carbons (Fsp3) is 0.692. The lowest BCUT2D eigenvalue weighted by molar-refractivity contribution is 0.160. The molecule has 3 nitrogen and oxygen atoms in total. The Morgan fingerprint density at radius 3 is 2.65 bits per heavy atom. The van der Waals surface area contributed by atoms with Crippen LogP contribution < -0.4 is 5.32 Å². The van der Waals surface area contributed by atoms with Gasteiger partial charge in [0.05, 0.1) is 6.54 Å². The predicted molar refractivity (Wildman–Crippen MR) is 73.0 cm³/mol. The van der Waals surface area contributed by atoms with Crippen LogP contribution in [-0.2, 0) is 6.54 Å². The molecular weight excluding hydrogens is 280 g/mol. The normalized spacial score (nSPS) is 19.1. The number of hydrogen-bond donors (Lipinski definition) is 1.